The number of likely N-dealkylation sites (tertiary alicyclic amines) is 2. The van der Waals surface area contributed by atoms with Crippen LogP contribution in [0.2, 0.25) is 5.02 Å². The average Bonchev–Trinajstić information content (AvgIpc) is 1.61. The molecule has 3 saturated heterocycles. The molecule has 1 aliphatic carbocycles. The normalized spacial score (nSPS) is 17.6. The third-order valence-corrected chi connectivity index (χ3v) is 20.2. The van der Waals surface area contributed by atoms with E-state index in [0.29, 0.717) is 131 Å². The molecule has 2 atom stereocenters. The Hall–Kier alpha value is -7.22. The first-order chi connectivity index (χ1) is 46.8. The molecular weight excluding hydrogens is 1400 g/mol. The summed E-state index contributed by atoms with van der Waals surface area (Å²) in [6.07, 6.45) is -4.72. The van der Waals surface area contributed by atoms with Crippen LogP contribution in [0.15, 0.2) is 140 Å². The maximum Gasteiger partial charge on any atom is 0.416 e. The van der Waals surface area contributed by atoms with Gasteiger partial charge < -0.3 is 49.3 Å². The Morgan fingerprint density at radius 2 is 1.31 bits per heavy atom. The van der Waals surface area contributed by atoms with Crippen molar-refractivity contribution in [2.24, 2.45) is 0 Å². The van der Waals surface area contributed by atoms with Crippen molar-refractivity contribution in [1.82, 2.24) is 29.4 Å². The molecule has 0 bridgehead atoms. The number of alkyl halides is 6. The molecule has 0 saturated carbocycles. The number of carboxylic acid groups (broad SMARTS) is 1. The number of carbonyl (C=O) groups excluding carboxylic acids is 4. The van der Waals surface area contributed by atoms with Crippen molar-refractivity contribution in [3.05, 3.63) is 189 Å². The fourth-order valence-electron chi connectivity index (χ4n) is 14.2. The zero-order chi connectivity index (χ0) is 69.9. The Bertz CT molecular complexity index is 3740. The highest BCUT2D eigenvalue weighted by Gasteiger charge is 2.50. The Morgan fingerprint density at radius 3 is 1.97 bits per heavy atom. The van der Waals surface area contributed by atoms with Crippen molar-refractivity contribution in [2.45, 2.75) is 106 Å². The summed E-state index contributed by atoms with van der Waals surface area (Å²) in [5.41, 5.74) is 0.698. The molecule has 548 valence electrons. The van der Waals surface area contributed by atoms with Gasteiger partial charge >= 0.3 is 18.4 Å². The van der Waals surface area contributed by atoms with E-state index in [0.717, 1.165) is 65.2 Å². The van der Waals surface area contributed by atoms with Crippen LogP contribution in [0, 0.1) is 5.82 Å². The molecule has 101 heavy (non-hydrogen) atoms. The molecule has 1 spiro atoms. The number of hydrogen-bond donors (Lipinski definition) is 2. The predicted octanol–water partition coefficient (Wildman–Crippen LogP) is 14.8. The summed E-state index contributed by atoms with van der Waals surface area (Å²) in [6, 6.07) is 36.8. The van der Waals surface area contributed by atoms with E-state index in [1.807, 2.05) is 79.8 Å². The van der Waals surface area contributed by atoms with Crippen molar-refractivity contribution in [2.75, 3.05) is 117 Å². The van der Waals surface area contributed by atoms with Crippen LogP contribution in [0.4, 0.5) is 46.9 Å². The lowest BCUT2D eigenvalue weighted by atomic mass is 9.72. The monoisotopic (exact) mass is 1490 g/mol. The summed E-state index contributed by atoms with van der Waals surface area (Å²) in [4.78, 5) is 78.8. The number of ether oxygens (including phenoxy) is 2. The van der Waals surface area contributed by atoms with E-state index < -0.39 is 64.6 Å². The Labute approximate surface area is 608 Å². The number of nitrogens with zero attached hydrogens (tertiary/aromatic N) is 7. The molecule has 16 nitrogen and oxygen atoms in total. The van der Waals surface area contributed by atoms with Crippen molar-refractivity contribution in [3.63, 3.8) is 0 Å². The van der Waals surface area contributed by atoms with Crippen LogP contribution in [0.5, 0.6) is 0 Å². The second-order valence-electron chi connectivity index (χ2n) is 26.2. The van der Waals surface area contributed by atoms with Crippen LogP contribution in [-0.4, -0.2) is 183 Å². The largest absolute Gasteiger partial charge is 0.465 e. The number of likely N-dealkylation sites (N-methyl/N-ethyl adjacent to an activating group) is 2. The molecule has 4 aliphatic rings. The van der Waals surface area contributed by atoms with E-state index >= 15 is 0 Å². The second kappa shape index (κ2) is 35.8. The molecule has 3 heterocycles. The molecule has 6 aromatic rings. The number of fused-ring (bicyclic) bond motifs is 2. The number of benzene rings is 6. The first-order valence-corrected chi connectivity index (χ1v) is 33.8. The van der Waals surface area contributed by atoms with Crippen LogP contribution < -0.4 is 10.2 Å². The van der Waals surface area contributed by atoms with Gasteiger partial charge in [0, 0.05) is 108 Å². The number of piperidine rings is 2. The Morgan fingerprint density at radius 1 is 0.683 bits per heavy atom. The topological polar surface area (TPSA) is 159 Å². The average molecular weight is 1490 g/mol. The number of nitrogens with one attached hydrogen (secondary N) is 1. The number of halogens is 11. The quantitative estimate of drug-likeness (QED) is 0.0393. The molecule has 0 aromatic heterocycles. The van der Waals surface area contributed by atoms with E-state index in [4.69, 9.17) is 21.1 Å². The van der Waals surface area contributed by atoms with Gasteiger partial charge in [0.05, 0.1) is 40.0 Å². The fraction of sp³-hybridized carbons (Fsp3) is 0.446. The number of para-hydroxylation sites is 1. The Kier molecular flexibility index (Phi) is 28.7. The van der Waals surface area contributed by atoms with Gasteiger partial charge in [-0.1, -0.05) is 103 Å². The number of carbonyl (C=O) groups is 5. The lowest BCUT2D eigenvalue weighted by molar-refractivity contribution is -0.143. The minimum Gasteiger partial charge on any atom is -0.465 e. The van der Waals surface area contributed by atoms with Crippen LogP contribution in [-0.2, 0) is 48.9 Å². The first kappa shape index (κ1) is 81.1. The third kappa shape index (κ3) is 19.9. The van der Waals surface area contributed by atoms with Crippen LogP contribution in [0.1, 0.15) is 113 Å². The molecule has 6 aromatic carbocycles. The maximum absolute atomic E-state index is 14.2. The SMILES string of the molecule is CN(CCN1CCC(N(C(=O)O)c2ccccc2-c2ccccc2)CC1)C(=O)CCCCCNc1ccc(C(=O)N(C)CCCN(C)C(=O)CO[C@H]2Cc3ccccc3C23CCN(CC[C@@]2(c4ccc(F)cc4)CN(C(=O)c4cc(C(F)(F)F)cc(C(F)(F)F)c4)CO2)CC3)c(Cl)c1.Cl.Cl.Cl. The number of amides is 5. The van der Waals surface area contributed by atoms with Gasteiger partial charge in [-0.2, -0.15) is 26.3 Å². The summed E-state index contributed by atoms with van der Waals surface area (Å²) in [6.45, 7) is 4.91. The maximum atomic E-state index is 14.2. The minimum absolute atomic E-state index is 0. The number of hydrogen-bond acceptors (Lipinski definition) is 10. The summed E-state index contributed by atoms with van der Waals surface area (Å²) >= 11 is 6.68. The number of unbranched alkanes of at least 4 members (excludes halogenated alkanes) is 2. The zero-order valence-electron chi connectivity index (χ0n) is 56.6. The lowest BCUT2D eigenvalue weighted by Gasteiger charge is -2.44. The number of rotatable bonds is 26. The lowest BCUT2D eigenvalue weighted by Crippen LogP contribution is -2.50. The van der Waals surface area contributed by atoms with Crippen LogP contribution in [0.3, 0.4) is 0 Å². The van der Waals surface area contributed by atoms with E-state index in [9.17, 15) is 59.8 Å². The molecule has 3 fully saturated rings. The molecule has 2 N–H and O–H groups in total. The minimum atomic E-state index is -5.15. The molecule has 5 amide bonds. The Balaban J connectivity index is 0.00000477. The van der Waals surface area contributed by atoms with E-state index in [1.165, 1.54) is 29.2 Å². The van der Waals surface area contributed by atoms with Crippen molar-refractivity contribution >= 4 is 89.9 Å². The van der Waals surface area contributed by atoms with Gasteiger partial charge in [0.1, 0.15) is 24.8 Å². The summed E-state index contributed by atoms with van der Waals surface area (Å²) < 4.78 is 110. The molecule has 0 radical (unpaired) electrons. The highest BCUT2D eigenvalue weighted by Crippen LogP contribution is 2.49. The van der Waals surface area contributed by atoms with E-state index in [-0.39, 0.29) is 92.7 Å². The fourth-order valence-corrected chi connectivity index (χ4v) is 14.4. The van der Waals surface area contributed by atoms with Gasteiger partial charge in [0.15, 0.2) is 0 Å². The van der Waals surface area contributed by atoms with E-state index in [2.05, 4.69) is 27.2 Å². The van der Waals surface area contributed by atoms with Crippen LogP contribution in [0.25, 0.3) is 11.1 Å². The van der Waals surface area contributed by atoms with Gasteiger partial charge in [-0.3, -0.25) is 24.1 Å². The highest BCUT2D eigenvalue weighted by molar-refractivity contribution is 6.34. The van der Waals surface area contributed by atoms with Gasteiger partial charge in [-0.05, 0) is 148 Å². The van der Waals surface area contributed by atoms with Gasteiger partial charge in [-0.25, -0.2) is 9.18 Å². The second-order valence-corrected chi connectivity index (χ2v) is 26.6. The third-order valence-electron chi connectivity index (χ3n) is 19.9. The summed E-state index contributed by atoms with van der Waals surface area (Å²) in [7, 11) is 5.22. The van der Waals surface area contributed by atoms with Gasteiger partial charge in [0.25, 0.3) is 11.8 Å². The molecule has 10 rings (SSSR count). The zero-order valence-corrected chi connectivity index (χ0v) is 59.8. The molecule has 27 heteroatoms. The molecule has 0 unspecified atom stereocenters. The van der Waals surface area contributed by atoms with Crippen LogP contribution >= 0.6 is 48.8 Å². The molecule has 3 aliphatic heterocycles. The van der Waals surface area contributed by atoms with E-state index in [1.54, 1.807) is 40.9 Å². The van der Waals surface area contributed by atoms with Gasteiger partial charge in [-0.15, -0.1) is 37.2 Å². The van der Waals surface area contributed by atoms with Crippen molar-refractivity contribution in [1.29, 1.82) is 0 Å². The van der Waals surface area contributed by atoms with Gasteiger partial charge in [0.2, 0.25) is 11.8 Å². The highest BCUT2D eigenvalue weighted by atomic mass is 35.5. The van der Waals surface area contributed by atoms with Crippen molar-refractivity contribution < 1.29 is 69.3 Å². The summed E-state index contributed by atoms with van der Waals surface area (Å²) in [5, 5.41) is 14.0. The standard InChI is InChI=1S/C74H84ClF7N8O8.3ClH/c1-84(34-14-35-86(3)69(94)61-27-26-58(47-63(61)75)83-33-13-5-8-21-66(91)85(2)41-42-87-36-28-59(29-37-87)90(70(95)96)64-20-12-10-18-60(64)51-15-6-4-7-16-51)67(92)48-97-65-45-52-17-9-11-19-62(52)71(65)30-38-88(39-31-71)40-32-72(54-22-24-57(76)25-23-54)49-89(50-98-72)68(93)53-43-55(73(77,78)79)46-56(44-53)74(80,81)82;;;/h4,6-7,9-12,15-20,22-27,43-44,46-47,59,65,83H,5,8,13-14,21,28-42,45,48-50H2,1-3H3,(H,95,96);3*1H/t65-,72-;;;/m0.../s1. The van der Waals surface area contributed by atoms with Crippen molar-refractivity contribution in [3.8, 4) is 11.1 Å². The first-order valence-electron chi connectivity index (χ1n) is 33.4. The number of anilines is 2. The smallest absolute Gasteiger partial charge is 0.416 e. The molecular formula is C74H87Cl4F7N8O8. The predicted molar refractivity (Wildman–Crippen MR) is 382 cm³/mol. The summed E-state index contributed by atoms with van der Waals surface area (Å²) in [5.74, 6) is -2.01.